The van der Waals surface area contributed by atoms with Crippen LogP contribution in [-0.2, 0) is 21.4 Å². The molecule has 0 radical (unpaired) electrons. The van der Waals surface area contributed by atoms with E-state index in [1.807, 2.05) is 0 Å². The van der Waals surface area contributed by atoms with Crippen LogP contribution in [0.2, 0.25) is 0 Å². The number of benzene rings is 1. The van der Waals surface area contributed by atoms with Crippen molar-refractivity contribution < 1.29 is 9.53 Å². The molecular formula is C16H22O2S. The van der Waals surface area contributed by atoms with Crippen molar-refractivity contribution in [3.8, 4) is 0 Å². The van der Waals surface area contributed by atoms with Gasteiger partial charge in [-0.05, 0) is 16.5 Å². The van der Waals surface area contributed by atoms with Crippen LogP contribution in [0.5, 0.6) is 0 Å². The van der Waals surface area contributed by atoms with Crippen molar-refractivity contribution in [3.63, 3.8) is 0 Å². The van der Waals surface area contributed by atoms with Gasteiger partial charge in [0.1, 0.15) is 6.10 Å². The number of hydrogen-bond acceptors (Lipinski definition) is 3. The second-order valence-electron chi connectivity index (χ2n) is 6.02. The quantitative estimate of drug-likeness (QED) is 0.849. The first-order valence-electron chi connectivity index (χ1n) is 6.78. The smallest absolute Gasteiger partial charge is 0.166 e. The molecular weight excluding hydrogens is 256 g/mol. The first-order valence-corrected chi connectivity index (χ1v) is 7.94. The van der Waals surface area contributed by atoms with Crippen molar-refractivity contribution in [2.75, 3.05) is 18.1 Å². The van der Waals surface area contributed by atoms with Gasteiger partial charge < -0.3 is 4.74 Å². The highest BCUT2D eigenvalue weighted by Gasteiger charge is 2.22. The van der Waals surface area contributed by atoms with Crippen LogP contribution in [-0.4, -0.2) is 30.0 Å². The van der Waals surface area contributed by atoms with Crippen LogP contribution in [0.1, 0.15) is 31.9 Å². The largest absolute Gasteiger partial charge is 0.369 e. The van der Waals surface area contributed by atoms with Crippen LogP contribution in [0.3, 0.4) is 0 Å². The molecule has 2 nitrogen and oxygen atoms in total. The number of ketones is 1. The maximum absolute atomic E-state index is 12.1. The molecule has 2 rings (SSSR count). The van der Waals surface area contributed by atoms with E-state index in [-0.39, 0.29) is 17.3 Å². The summed E-state index contributed by atoms with van der Waals surface area (Å²) in [6, 6.07) is 8.38. The number of rotatable bonds is 3. The zero-order valence-electron chi connectivity index (χ0n) is 11.9. The normalized spacial score (nSPS) is 20.3. The summed E-state index contributed by atoms with van der Waals surface area (Å²) in [6.07, 6.45) is 0.274. The highest BCUT2D eigenvalue weighted by atomic mass is 32.2. The van der Waals surface area contributed by atoms with E-state index in [2.05, 4.69) is 45.0 Å². The molecule has 0 saturated carbocycles. The Morgan fingerprint density at radius 3 is 2.53 bits per heavy atom. The van der Waals surface area contributed by atoms with Crippen molar-refractivity contribution in [3.05, 3.63) is 35.4 Å². The van der Waals surface area contributed by atoms with Crippen molar-refractivity contribution in [2.24, 2.45) is 0 Å². The molecule has 1 saturated heterocycles. The first-order chi connectivity index (χ1) is 8.97. The number of carbonyl (C=O) groups is 1. The molecule has 1 fully saturated rings. The predicted octanol–water partition coefficient (Wildman–Crippen LogP) is 3.23. The highest BCUT2D eigenvalue weighted by molar-refractivity contribution is 7.99. The summed E-state index contributed by atoms with van der Waals surface area (Å²) in [5.74, 6) is 2.01. The first kappa shape index (κ1) is 14.6. The van der Waals surface area contributed by atoms with E-state index in [1.165, 1.54) is 5.56 Å². The molecule has 1 aliphatic heterocycles. The van der Waals surface area contributed by atoms with Gasteiger partial charge in [0.05, 0.1) is 6.61 Å². The van der Waals surface area contributed by atoms with Gasteiger partial charge in [-0.25, -0.2) is 0 Å². The predicted molar refractivity (Wildman–Crippen MR) is 80.9 cm³/mol. The highest BCUT2D eigenvalue weighted by Crippen LogP contribution is 2.22. The summed E-state index contributed by atoms with van der Waals surface area (Å²) in [7, 11) is 0. The molecule has 0 bridgehead atoms. The Labute approximate surface area is 119 Å². The zero-order valence-corrected chi connectivity index (χ0v) is 12.8. The van der Waals surface area contributed by atoms with Gasteiger partial charge in [0, 0.05) is 17.9 Å². The monoisotopic (exact) mass is 278 g/mol. The fourth-order valence-electron chi connectivity index (χ4n) is 2.11. The van der Waals surface area contributed by atoms with E-state index in [1.54, 1.807) is 11.8 Å². The molecule has 104 valence electrons. The maximum atomic E-state index is 12.1. The minimum Gasteiger partial charge on any atom is -0.369 e. The van der Waals surface area contributed by atoms with Gasteiger partial charge in [-0.15, -0.1) is 0 Å². The third-order valence-corrected chi connectivity index (χ3v) is 4.37. The van der Waals surface area contributed by atoms with Crippen LogP contribution < -0.4 is 0 Å². The Balaban J connectivity index is 1.97. The summed E-state index contributed by atoms with van der Waals surface area (Å²) in [6.45, 7) is 7.28. The molecule has 1 heterocycles. The molecule has 0 N–H and O–H groups in total. The van der Waals surface area contributed by atoms with Crippen molar-refractivity contribution in [1.82, 2.24) is 0 Å². The Hall–Kier alpha value is -0.800. The van der Waals surface area contributed by atoms with Gasteiger partial charge in [0.25, 0.3) is 0 Å². The number of Topliss-reactive ketones (excluding diaryl/α,β-unsaturated/α-hetero) is 1. The third-order valence-electron chi connectivity index (χ3n) is 3.37. The second kappa shape index (κ2) is 6.10. The number of thioether (sulfide) groups is 1. The minimum atomic E-state index is -0.207. The summed E-state index contributed by atoms with van der Waals surface area (Å²) in [4.78, 5) is 12.1. The zero-order chi connectivity index (χ0) is 13.9. The lowest BCUT2D eigenvalue weighted by Gasteiger charge is -2.21. The van der Waals surface area contributed by atoms with Crippen molar-refractivity contribution >= 4 is 17.5 Å². The van der Waals surface area contributed by atoms with E-state index in [9.17, 15) is 4.79 Å². The van der Waals surface area contributed by atoms with Crippen LogP contribution in [0, 0.1) is 0 Å². The van der Waals surface area contributed by atoms with Gasteiger partial charge in [0.15, 0.2) is 5.78 Å². The van der Waals surface area contributed by atoms with Gasteiger partial charge in [0.2, 0.25) is 0 Å². The average molecular weight is 278 g/mol. The summed E-state index contributed by atoms with van der Waals surface area (Å²) in [5, 5.41) is 0. The molecule has 1 atom stereocenters. The third kappa shape index (κ3) is 4.08. The van der Waals surface area contributed by atoms with Crippen LogP contribution >= 0.6 is 11.8 Å². The Bertz CT molecular complexity index is 425. The molecule has 0 aliphatic carbocycles. The van der Waals surface area contributed by atoms with E-state index >= 15 is 0 Å². The van der Waals surface area contributed by atoms with E-state index < -0.39 is 0 Å². The molecule has 1 aromatic carbocycles. The molecule has 1 aromatic rings. The van der Waals surface area contributed by atoms with Gasteiger partial charge in [-0.3, -0.25) is 4.79 Å². The van der Waals surface area contributed by atoms with Crippen LogP contribution in [0.15, 0.2) is 24.3 Å². The van der Waals surface area contributed by atoms with Crippen LogP contribution in [0.4, 0.5) is 0 Å². The Morgan fingerprint density at radius 1 is 1.32 bits per heavy atom. The van der Waals surface area contributed by atoms with Crippen molar-refractivity contribution in [1.29, 1.82) is 0 Å². The molecule has 19 heavy (non-hydrogen) atoms. The maximum Gasteiger partial charge on any atom is 0.166 e. The van der Waals surface area contributed by atoms with E-state index in [4.69, 9.17) is 4.74 Å². The molecule has 0 amide bonds. The Morgan fingerprint density at radius 2 is 2.00 bits per heavy atom. The average Bonchev–Trinajstić information content (AvgIpc) is 2.39. The topological polar surface area (TPSA) is 26.3 Å². The Kier molecular flexibility index (Phi) is 4.69. The molecule has 1 unspecified atom stereocenters. The van der Waals surface area contributed by atoms with Crippen molar-refractivity contribution in [2.45, 2.75) is 38.7 Å². The minimum absolute atomic E-state index is 0.158. The number of carbonyl (C=O) groups excluding carboxylic acids is 1. The van der Waals surface area contributed by atoms with Gasteiger partial charge in [-0.1, -0.05) is 45.0 Å². The second-order valence-corrected chi connectivity index (χ2v) is 7.17. The van der Waals surface area contributed by atoms with Gasteiger partial charge >= 0.3 is 0 Å². The number of hydrogen-bond donors (Lipinski definition) is 0. The molecule has 0 aromatic heterocycles. The van der Waals surface area contributed by atoms with Crippen LogP contribution in [0.25, 0.3) is 0 Å². The lowest BCUT2D eigenvalue weighted by molar-refractivity contribution is -0.128. The molecule has 3 heteroatoms. The fraction of sp³-hybridized carbons (Fsp3) is 0.562. The van der Waals surface area contributed by atoms with E-state index in [0.717, 1.165) is 17.1 Å². The summed E-state index contributed by atoms with van der Waals surface area (Å²) >= 11 is 1.80. The molecule has 1 aliphatic rings. The standard InChI is InChI=1S/C16H22O2S/c1-16(2,3)13-6-4-12(5-7-13)10-14(17)15-11-19-9-8-18-15/h4-7,15H,8-11H2,1-3H3. The lowest BCUT2D eigenvalue weighted by Crippen LogP contribution is -2.32. The summed E-state index contributed by atoms with van der Waals surface area (Å²) in [5.41, 5.74) is 2.54. The fourth-order valence-corrected chi connectivity index (χ4v) is 2.99. The number of ether oxygens (including phenoxy) is 1. The van der Waals surface area contributed by atoms with Gasteiger partial charge in [-0.2, -0.15) is 11.8 Å². The lowest BCUT2D eigenvalue weighted by atomic mass is 9.86. The SMILES string of the molecule is CC(C)(C)c1ccc(CC(=O)C2CSCCO2)cc1. The summed E-state index contributed by atoms with van der Waals surface area (Å²) < 4.78 is 5.52. The van der Waals surface area contributed by atoms with E-state index in [0.29, 0.717) is 13.0 Å². The molecule has 0 spiro atoms.